The lowest BCUT2D eigenvalue weighted by molar-refractivity contribution is -0.117. The zero-order valence-corrected chi connectivity index (χ0v) is 15.6. The average Bonchev–Trinajstić information content (AvgIpc) is 2.88. The highest BCUT2D eigenvalue weighted by molar-refractivity contribution is 9.10. The van der Waals surface area contributed by atoms with Crippen molar-refractivity contribution in [2.75, 3.05) is 18.4 Å². The molecule has 1 heterocycles. The summed E-state index contributed by atoms with van der Waals surface area (Å²) in [7, 11) is 0. The Labute approximate surface area is 156 Å². The van der Waals surface area contributed by atoms with E-state index in [2.05, 4.69) is 27.8 Å². The molecule has 0 radical (unpaired) electrons. The molecule has 0 unspecified atom stereocenters. The standard InChI is InChI=1S/C16H14BrClF2N2OS/c1-2-5-22(8-11-3-4-14(18)24-11)9-15(23)21-16-12(17)6-10(19)7-13(16)20/h2-4,6-7H,1,5,8-9H2,(H,21,23). The molecule has 0 fully saturated rings. The van der Waals surface area contributed by atoms with Gasteiger partial charge < -0.3 is 5.32 Å². The molecule has 128 valence electrons. The summed E-state index contributed by atoms with van der Waals surface area (Å²) >= 11 is 10.4. The van der Waals surface area contributed by atoms with Crippen molar-refractivity contribution in [2.24, 2.45) is 0 Å². The number of anilines is 1. The first-order valence-corrected chi connectivity index (χ1v) is 8.89. The molecule has 0 aliphatic carbocycles. The van der Waals surface area contributed by atoms with Crippen molar-refractivity contribution in [1.82, 2.24) is 4.90 Å². The van der Waals surface area contributed by atoms with Crippen molar-refractivity contribution in [3.63, 3.8) is 0 Å². The second-order valence-electron chi connectivity index (χ2n) is 4.96. The van der Waals surface area contributed by atoms with Crippen LogP contribution in [0.2, 0.25) is 4.34 Å². The van der Waals surface area contributed by atoms with Crippen LogP contribution in [0, 0.1) is 11.6 Å². The van der Waals surface area contributed by atoms with Gasteiger partial charge in [-0.05, 0) is 34.1 Å². The second kappa shape index (κ2) is 8.71. The molecule has 0 saturated heterocycles. The molecule has 0 atom stereocenters. The molecule has 2 aromatic rings. The van der Waals surface area contributed by atoms with Gasteiger partial charge in [0.05, 0.1) is 16.6 Å². The molecule has 2 rings (SSSR count). The van der Waals surface area contributed by atoms with E-state index in [0.29, 0.717) is 17.4 Å². The largest absolute Gasteiger partial charge is 0.322 e. The molecule has 0 aliphatic rings. The molecule has 3 nitrogen and oxygen atoms in total. The molecular formula is C16H14BrClF2N2OS. The van der Waals surface area contributed by atoms with Crippen LogP contribution in [0.25, 0.3) is 0 Å². The summed E-state index contributed by atoms with van der Waals surface area (Å²) in [6.45, 7) is 4.70. The van der Waals surface area contributed by atoms with Gasteiger partial charge in [-0.25, -0.2) is 8.78 Å². The molecule has 1 aromatic heterocycles. The fourth-order valence-electron chi connectivity index (χ4n) is 2.07. The van der Waals surface area contributed by atoms with Crippen molar-refractivity contribution >= 4 is 50.5 Å². The Kier molecular flexibility index (Phi) is 6.91. The normalized spacial score (nSPS) is 10.9. The van der Waals surface area contributed by atoms with Crippen molar-refractivity contribution in [3.05, 3.63) is 62.2 Å². The van der Waals surface area contributed by atoms with E-state index in [-0.39, 0.29) is 16.7 Å². The van der Waals surface area contributed by atoms with Crippen molar-refractivity contribution in [1.29, 1.82) is 0 Å². The summed E-state index contributed by atoms with van der Waals surface area (Å²) in [5.41, 5.74) is -0.0841. The highest BCUT2D eigenvalue weighted by atomic mass is 79.9. The van der Waals surface area contributed by atoms with E-state index >= 15 is 0 Å². The topological polar surface area (TPSA) is 32.3 Å². The van der Waals surface area contributed by atoms with Gasteiger partial charge >= 0.3 is 0 Å². The van der Waals surface area contributed by atoms with Gasteiger partial charge in [-0.15, -0.1) is 17.9 Å². The van der Waals surface area contributed by atoms with E-state index < -0.39 is 17.5 Å². The van der Waals surface area contributed by atoms with Gasteiger partial charge in [0.2, 0.25) is 5.91 Å². The van der Waals surface area contributed by atoms with Crippen molar-refractivity contribution in [2.45, 2.75) is 6.54 Å². The molecule has 0 spiro atoms. The number of nitrogens with one attached hydrogen (secondary N) is 1. The third-order valence-corrected chi connectivity index (χ3v) is 4.88. The molecular weight excluding hydrogens is 422 g/mol. The zero-order chi connectivity index (χ0) is 17.7. The van der Waals surface area contributed by atoms with E-state index in [1.165, 1.54) is 11.3 Å². The number of hydrogen-bond acceptors (Lipinski definition) is 3. The molecule has 0 bridgehead atoms. The number of carbonyl (C=O) groups excluding carboxylic acids is 1. The predicted molar refractivity (Wildman–Crippen MR) is 97.5 cm³/mol. The fraction of sp³-hybridized carbons (Fsp3) is 0.188. The molecule has 8 heteroatoms. The van der Waals surface area contributed by atoms with Crippen LogP contribution < -0.4 is 5.32 Å². The molecule has 0 saturated carbocycles. The second-order valence-corrected chi connectivity index (χ2v) is 7.61. The maximum Gasteiger partial charge on any atom is 0.238 e. The first-order chi connectivity index (χ1) is 11.4. The molecule has 1 aromatic carbocycles. The third kappa shape index (κ3) is 5.37. The minimum atomic E-state index is -0.837. The maximum atomic E-state index is 13.8. The molecule has 1 N–H and O–H groups in total. The third-order valence-electron chi connectivity index (χ3n) is 3.03. The first kappa shape index (κ1) is 19.1. The van der Waals surface area contributed by atoms with Crippen molar-refractivity contribution in [3.8, 4) is 0 Å². The van der Waals surface area contributed by atoms with Crippen LogP contribution in [0.4, 0.5) is 14.5 Å². The number of amides is 1. The summed E-state index contributed by atoms with van der Waals surface area (Å²) in [5.74, 6) is -1.97. The maximum absolute atomic E-state index is 13.8. The Morgan fingerprint density at radius 2 is 2.17 bits per heavy atom. The predicted octanol–water partition coefficient (Wildman–Crippen LogP) is 5.07. The summed E-state index contributed by atoms with van der Waals surface area (Å²) in [4.78, 5) is 15.0. The Bertz CT molecular complexity index is 730. The Morgan fingerprint density at radius 3 is 2.75 bits per heavy atom. The summed E-state index contributed by atoms with van der Waals surface area (Å²) < 4.78 is 27.7. The van der Waals surface area contributed by atoms with Crippen molar-refractivity contribution < 1.29 is 13.6 Å². The van der Waals surface area contributed by atoms with Gasteiger partial charge in [0.1, 0.15) is 5.82 Å². The fourth-order valence-corrected chi connectivity index (χ4v) is 3.71. The van der Waals surface area contributed by atoms with E-state index in [0.717, 1.165) is 17.0 Å². The molecule has 1 amide bonds. The minimum absolute atomic E-state index is 0.0325. The van der Waals surface area contributed by atoms with Crippen LogP contribution in [0.1, 0.15) is 4.88 Å². The average molecular weight is 436 g/mol. The Hall–Kier alpha value is -1.28. The van der Waals surface area contributed by atoms with E-state index in [1.807, 2.05) is 11.0 Å². The van der Waals surface area contributed by atoms with Crippen LogP contribution >= 0.6 is 38.9 Å². The van der Waals surface area contributed by atoms with Gasteiger partial charge in [0.25, 0.3) is 0 Å². The van der Waals surface area contributed by atoms with E-state index in [9.17, 15) is 13.6 Å². The number of nitrogens with zero attached hydrogens (tertiary/aromatic N) is 1. The lowest BCUT2D eigenvalue weighted by atomic mass is 10.3. The number of halogens is 4. The lowest BCUT2D eigenvalue weighted by Crippen LogP contribution is -2.33. The van der Waals surface area contributed by atoms with E-state index in [1.54, 1.807) is 12.1 Å². The lowest BCUT2D eigenvalue weighted by Gasteiger charge is -2.19. The highest BCUT2D eigenvalue weighted by Crippen LogP contribution is 2.27. The van der Waals surface area contributed by atoms with Gasteiger partial charge in [0, 0.05) is 28.5 Å². The van der Waals surface area contributed by atoms with Gasteiger partial charge in [-0.1, -0.05) is 17.7 Å². The summed E-state index contributed by atoms with van der Waals surface area (Å²) in [6.07, 6.45) is 1.68. The van der Waals surface area contributed by atoms with Crippen LogP contribution in [0.15, 0.2) is 41.4 Å². The first-order valence-electron chi connectivity index (χ1n) is 6.91. The van der Waals surface area contributed by atoms with Crippen LogP contribution in [0.3, 0.4) is 0 Å². The zero-order valence-electron chi connectivity index (χ0n) is 12.5. The quantitative estimate of drug-likeness (QED) is 0.616. The van der Waals surface area contributed by atoms with Crippen LogP contribution in [0.5, 0.6) is 0 Å². The Morgan fingerprint density at radius 1 is 1.42 bits per heavy atom. The monoisotopic (exact) mass is 434 g/mol. The number of hydrogen-bond donors (Lipinski definition) is 1. The van der Waals surface area contributed by atoms with Crippen LogP contribution in [-0.2, 0) is 11.3 Å². The summed E-state index contributed by atoms with van der Waals surface area (Å²) in [6, 6.07) is 5.49. The van der Waals surface area contributed by atoms with Gasteiger partial charge in [-0.3, -0.25) is 9.69 Å². The smallest absolute Gasteiger partial charge is 0.238 e. The summed E-state index contributed by atoms with van der Waals surface area (Å²) in [5, 5.41) is 2.46. The minimum Gasteiger partial charge on any atom is -0.322 e. The molecule has 0 aliphatic heterocycles. The van der Waals surface area contributed by atoms with E-state index in [4.69, 9.17) is 11.6 Å². The van der Waals surface area contributed by atoms with Gasteiger partial charge in [-0.2, -0.15) is 0 Å². The Balaban J connectivity index is 2.04. The SMILES string of the molecule is C=CCN(CC(=O)Nc1c(F)cc(F)cc1Br)Cc1ccc(Cl)s1. The van der Waals surface area contributed by atoms with Crippen LogP contribution in [-0.4, -0.2) is 23.9 Å². The molecule has 24 heavy (non-hydrogen) atoms. The number of thiophene rings is 1. The number of carbonyl (C=O) groups is 1. The number of benzene rings is 1. The van der Waals surface area contributed by atoms with Gasteiger partial charge in [0.15, 0.2) is 5.82 Å². The highest BCUT2D eigenvalue weighted by Gasteiger charge is 2.16. The number of rotatable bonds is 7.